The van der Waals surface area contributed by atoms with Gasteiger partial charge in [-0.2, -0.15) is 10.5 Å². The zero-order valence-electron chi connectivity index (χ0n) is 10.3. The molecule has 0 saturated carbocycles. The molecule has 0 saturated heterocycles. The Morgan fingerprint density at radius 1 is 1.39 bits per heavy atom. The van der Waals surface area contributed by atoms with Crippen molar-refractivity contribution in [3.63, 3.8) is 0 Å². The molecule has 0 aliphatic heterocycles. The van der Waals surface area contributed by atoms with Crippen molar-refractivity contribution >= 4 is 5.97 Å². The molecule has 0 aliphatic carbocycles. The average molecular weight is 242 g/mol. The maximum Gasteiger partial charge on any atom is 0.310 e. The highest BCUT2D eigenvalue weighted by atomic mass is 16.5. The molecule has 0 aromatic heterocycles. The molecular formula is C14H14N2O2. The van der Waals surface area contributed by atoms with Crippen molar-refractivity contribution in [3.05, 3.63) is 34.9 Å². The van der Waals surface area contributed by atoms with Crippen molar-refractivity contribution in [2.45, 2.75) is 26.2 Å². The molecule has 0 atom stereocenters. The normalized spacial score (nSPS) is 9.28. The van der Waals surface area contributed by atoms with Crippen LogP contribution in [-0.2, 0) is 22.4 Å². The minimum Gasteiger partial charge on any atom is -0.466 e. The minimum atomic E-state index is -0.349. The molecule has 0 heterocycles. The standard InChI is InChI=1S/C14H14N2O2/c1-2-18-14(17)9-13-11(7-4-8-15)5-3-6-12(13)10-16/h3,5-6H,2,4,7,9H2,1H3. The van der Waals surface area contributed by atoms with E-state index in [2.05, 4.69) is 12.1 Å². The number of benzene rings is 1. The van der Waals surface area contributed by atoms with Gasteiger partial charge < -0.3 is 4.74 Å². The van der Waals surface area contributed by atoms with Crippen molar-refractivity contribution in [3.8, 4) is 12.1 Å². The number of carbonyl (C=O) groups is 1. The molecule has 0 fully saturated rings. The fourth-order valence-electron chi connectivity index (χ4n) is 1.73. The number of hydrogen-bond donors (Lipinski definition) is 0. The third-order valence-corrected chi connectivity index (χ3v) is 2.53. The predicted octanol–water partition coefficient (Wildman–Crippen LogP) is 2.12. The number of hydrogen-bond acceptors (Lipinski definition) is 4. The summed E-state index contributed by atoms with van der Waals surface area (Å²) in [5.74, 6) is -0.349. The van der Waals surface area contributed by atoms with Crippen LogP contribution in [-0.4, -0.2) is 12.6 Å². The number of nitriles is 2. The molecule has 0 radical (unpaired) electrons. The van der Waals surface area contributed by atoms with Crippen LogP contribution in [0.1, 0.15) is 30.0 Å². The van der Waals surface area contributed by atoms with Gasteiger partial charge in [0.05, 0.1) is 30.7 Å². The Labute approximate surface area is 106 Å². The highest BCUT2D eigenvalue weighted by Crippen LogP contribution is 2.17. The summed E-state index contributed by atoms with van der Waals surface area (Å²) in [5.41, 5.74) is 2.01. The van der Waals surface area contributed by atoms with E-state index in [4.69, 9.17) is 15.3 Å². The first kappa shape index (κ1) is 13.7. The molecule has 0 aliphatic rings. The van der Waals surface area contributed by atoms with Gasteiger partial charge in [0.15, 0.2) is 0 Å². The number of aryl methyl sites for hydroxylation is 1. The van der Waals surface area contributed by atoms with Crippen LogP contribution in [0, 0.1) is 22.7 Å². The minimum absolute atomic E-state index is 0.0817. The molecule has 0 bridgehead atoms. The van der Waals surface area contributed by atoms with Crippen LogP contribution < -0.4 is 0 Å². The van der Waals surface area contributed by atoms with Gasteiger partial charge in [0, 0.05) is 6.42 Å². The highest BCUT2D eigenvalue weighted by Gasteiger charge is 2.13. The second-order valence-electron chi connectivity index (χ2n) is 3.69. The van der Waals surface area contributed by atoms with E-state index in [0.717, 1.165) is 5.56 Å². The Morgan fingerprint density at radius 3 is 2.78 bits per heavy atom. The topological polar surface area (TPSA) is 73.9 Å². The van der Waals surface area contributed by atoms with Gasteiger partial charge >= 0.3 is 5.97 Å². The van der Waals surface area contributed by atoms with Crippen molar-refractivity contribution in [2.75, 3.05) is 6.61 Å². The van der Waals surface area contributed by atoms with Crippen molar-refractivity contribution in [1.29, 1.82) is 10.5 Å². The largest absolute Gasteiger partial charge is 0.466 e. The van der Waals surface area contributed by atoms with Crippen LogP contribution in [0.15, 0.2) is 18.2 Å². The van der Waals surface area contributed by atoms with Gasteiger partial charge in [0.25, 0.3) is 0 Å². The van der Waals surface area contributed by atoms with Gasteiger partial charge in [-0.25, -0.2) is 0 Å². The van der Waals surface area contributed by atoms with Crippen LogP contribution in [0.5, 0.6) is 0 Å². The van der Waals surface area contributed by atoms with E-state index in [-0.39, 0.29) is 12.4 Å². The molecule has 1 aromatic rings. The Hall–Kier alpha value is -2.33. The number of rotatable bonds is 5. The van der Waals surface area contributed by atoms with Crippen LogP contribution in [0.2, 0.25) is 0 Å². The van der Waals surface area contributed by atoms with Crippen LogP contribution in [0.3, 0.4) is 0 Å². The Bertz CT molecular complexity index is 510. The molecule has 0 spiro atoms. The zero-order valence-corrected chi connectivity index (χ0v) is 10.3. The first-order valence-electron chi connectivity index (χ1n) is 5.76. The molecule has 18 heavy (non-hydrogen) atoms. The molecular weight excluding hydrogens is 228 g/mol. The van der Waals surface area contributed by atoms with E-state index in [1.54, 1.807) is 19.1 Å². The van der Waals surface area contributed by atoms with Crippen molar-refractivity contribution in [1.82, 2.24) is 0 Å². The van der Waals surface area contributed by atoms with Gasteiger partial charge in [-0.3, -0.25) is 4.79 Å². The lowest BCUT2D eigenvalue weighted by atomic mass is 9.96. The maximum atomic E-state index is 11.5. The second-order valence-corrected chi connectivity index (χ2v) is 3.69. The van der Waals surface area contributed by atoms with E-state index >= 15 is 0 Å². The molecule has 92 valence electrons. The summed E-state index contributed by atoms with van der Waals surface area (Å²) < 4.78 is 4.89. The number of nitrogens with zero attached hydrogens (tertiary/aromatic N) is 2. The summed E-state index contributed by atoms with van der Waals surface area (Å²) in [4.78, 5) is 11.5. The fourth-order valence-corrected chi connectivity index (χ4v) is 1.73. The first-order chi connectivity index (χ1) is 8.72. The fraction of sp³-hybridized carbons (Fsp3) is 0.357. The Morgan fingerprint density at radius 2 is 2.17 bits per heavy atom. The molecule has 1 rings (SSSR count). The summed E-state index contributed by atoms with van der Waals surface area (Å²) in [6.07, 6.45) is 0.990. The number of carbonyl (C=O) groups excluding carboxylic acids is 1. The molecule has 1 aromatic carbocycles. The summed E-state index contributed by atoms with van der Waals surface area (Å²) in [6.45, 7) is 2.06. The molecule has 4 nitrogen and oxygen atoms in total. The van der Waals surface area contributed by atoms with Crippen molar-refractivity contribution in [2.24, 2.45) is 0 Å². The number of esters is 1. The average Bonchev–Trinajstić information content (AvgIpc) is 2.37. The Balaban J connectivity index is 3.01. The van der Waals surface area contributed by atoms with Crippen molar-refractivity contribution < 1.29 is 9.53 Å². The van der Waals surface area contributed by atoms with Gasteiger partial charge in [0.2, 0.25) is 0 Å². The number of ether oxygens (including phenoxy) is 1. The molecule has 0 N–H and O–H groups in total. The summed E-state index contributed by atoms with van der Waals surface area (Å²) in [6, 6.07) is 9.40. The smallest absolute Gasteiger partial charge is 0.310 e. The van der Waals surface area contributed by atoms with E-state index < -0.39 is 0 Å². The lowest BCUT2D eigenvalue weighted by Gasteiger charge is -2.09. The van der Waals surface area contributed by atoms with Gasteiger partial charge in [0.1, 0.15) is 0 Å². The van der Waals surface area contributed by atoms with E-state index in [1.165, 1.54) is 0 Å². The molecule has 4 heteroatoms. The lowest BCUT2D eigenvalue weighted by Crippen LogP contribution is -2.11. The molecule has 0 amide bonds. The Kier molecular flexibility index (Phi) is 5.41. The third kappa shape index (κ3) is 3.61. The van der Waals surface area contributed by atoms with E-state index in [0.29, 0.717) is 30.6 Å². The summed E-state index contributed by atoms with van der Waals surface area (Å²) in [5, 5.41) is 17.6. The predicted molar refractivity (Wildman–Crippen MR) is 65.4 cm³/mol. The third-order valence-electron chi connectivity index (χ3n) is 2.53. The van der Waals surface area contributed by atoms with Gasteiger partial charge in [-0.05, 0) is 30.5 Å². The molecule has 0 unspecified atom stereocenters. The van der Waals surface area contributed by atoms with E-state index in [1.807, 2.05) is 6.07 Å². The van der Waals surface area contributed by atoms with Crippen LogP contribution >= 0.6 is 0 Å². The van der Waals surface area contributed by atoms with Crippen LogP contribution in [0.4, 0.5) is 0 Å². The van der Waals surface area contributed by atoms with Gasteiger partial charge in [-0.1, -0.05) is 12.1 Å². The highest BCUT2D eigenvalue weighted by molar-refractivity contribution is 5.74. The monoisotopic (exact) mass is 242 g/mol. The quantitative estimate of drug-likeness (QED) is 0.741. The SMILES string of the molecule is CCOC(=O)Cc1c(C#N)cccc1CCC#N. The summed E-state index contributed by atoms with van der Waals surface area (Å²) >= 11 is 0. The van der Waals surface area contributed by atoms with Gasteiger partial charge in [-0.15, -0.1) is 0 Å². The lowest BCUT2D eigenvalue weighted by molar-refractivity contribution is -0.142. The van der Waals surface area contributed by atoms with Crippen LogP contribution in [0.25, 0.3) is 0 Å². The summed E-state index contributed by atoms with van der Waals surface area (Å²) in [7, 11) is 0. The maximum absolute atomic E-state index is 11.5. The second kappa shape index (κ2) is 7.09. The zero-order chi connectivity index (χ0) is 13.4. The first-order valence-corrected chi connectivity index (χ1v) is 5.76. The van der Waals surface area contributed by atoms with E-state index in [9.17, 15) is 4.79 Å².